The largest absolute Gasteiger partial charge is 0.507 e. The van der Waals surface area contributed by atoms with Crippen molar-refractivity contribution in [3.8, 4) is 5.75 Å². The van der Waals surface area contributed by atoms with Crippen LogP contribution >= 0.6 is 34.5 Å². The van der Waals surface area contributed by atoms with Crippen LogP contribution in [0.5, 0.6) is 5.75 Å². The molecule has 33 heavy (non-hydrogen) atoms. The zero-order valence-electron chi connectivity index (χ0n) is 18.1. The summed E-state index contributed by atoms with van der Waals surface area (Å²) in [4.78, 5) is 28.5. The fourth-order valence-electron chi connectivity index (χ4n) is 3.88. The Hall–Kier alpha value is -2.80. The molecule has 8 heteroatoms. The number of ether oxygens (including phenoxy) is 1. The Bertz CT molecular complexity index is 1230. The van der Waals surface area contributed by atoms with Crippen molar-refractivity contribution in [2.24, 2.45) is 0 Å². The number of rotatable bonds is 5. The van der Waals surface area contributed by atoms with Gasteiger partial charge in [-0.05, 0) is 47.2 Å². The average molecular weight is 502 g/mol. The van der Waals surface area contributed by atoms with Gasteiger partial charge in [0.1, 0.15) is 11.8 Å². The highest BCUT2D eigenvalue weighted by atomic mass is 35.5. The van der Waals surface area contributed by atoms with Crippen LogP contribution in [-0.4, -0.2) is 23.9 Å². The predicted molar refractivity (Wildman–Crippen MR) is 133 cm³/mol. The molecule has 0 aliphatic carbocycles. The molecule has 0 bridgehead atoms. The summed E-state index contributed by atoms with van der Waals surface area (Å²) in [6.07, 6.45) is 0. The fraction of sp³-hybridized carbons (Fsp3) is 0.200. The van der Waals surface area contributed by atoms with Crippen LogP contribution in [0.1, 0.15) is 41.8 Å². The zero-order valence-corrected chi connectivity index (χ0v) is 20.5. The van der Waals surface area contributed by atoms with Gasteiger partial charge in [-0.15, -0.1) is 11.3 Å². The third-order valence-electron chi connectivity index (χ3n) is 5.57. The molecule has 1 aliphatic heterocycles. The van der Waals surface area contributed by atoms with Crippen molar-refractivity contribution in [1.82, 2.24) is 0 Å². The zero-order chi connectivity index (χ0) is 23.9. The monoisotopic (exact) mass is 501 g/mol. The molecule has 170 valence electrons. The van der Waals surface area contributed by atoms with Gasteiger partial charge in [-0.2, -0.15) is 0 Å². The smallest absolute Gasteiger partial charge is 0.300 e. The van der Waals surface area contributed by atoms with E-state index in [1.807, 2.05) is 41.8 Å². The lowest BCUT2D eigenvalue weighted by Crippen LogP contribution is -2.29. The van der Waals surface area contributed by atoms with Gasteiger partial charge >= 0.3 is 0 Å². The maximum absolute atomic E-state index is 13.2. The Kier molecular flexibility index (Phi) is 6.52. The quantitative estimate of drug-likeness (QED) is 0.236. The summed E-state index contributed by atoms with van der Waals surface area (Å²) < 4.78 is 5.17. The summed E-state index contributed by atoms with van der Waals surface area (Å²) in [5.74, 6) is -1.25. The first kappa shape index (κ1) is 23.4. The summed E-state index contributed by atoms with van der Waals surface area (Å²) in [6.45, 7) is 4.16. The van der Waals surface area contributed by atoms with Crippen LogP contribution in [-0.2, 0) is 9.59 Å². The lowest BCUT2D eigenvalue weighted by molar-refractivity contribution is -0.132. The number of carbonyl (C=O) groups excluding carboxylic acids is 2. The number of anilines is 1. The van der Waals surface area contributed by atoms with Gasteiger partial charge in [0.15, 0.2) is 5.75 Å². The van der Waals surface area contributed by atoms with E-state index in [1.165, 1.54) is 35.5 Å². The minimum Gasteiger partial charge on any atom is -0.507 e. The molecule has 0 radical (unpaired) electrons. The number of aliphatic hydroxyl groups excluding tert-OH is 1. The van der Waals surface area contributed by atoms with Crippen LogP contribution < -0.4 is 9.64 Å². The van der Waals surface area contributed by atoms with Crippen molar-refractivity contribution in [3.63, 3.8) is 0 Å². The van der Waals surface area contributed by atoms with Crippen molar-refractivity contribution >= 4 is 57.7 Å². The molecular formula is C25H21Cl2NO4S. The molecule has 1 saturated heterocycles. The molecule has 5 nitrogen and oxygen atoms in total. The Balaban J connectivity index is 1.89. The molecule has 1 fully saturated rings. The van der Waals surface area contributed by atoms with Crippen LogP contribution in [0.15, 0.2) is 59.5 Å². The van der Waals surface area contributed by atoms with Gasteiger partial charge in [-0.1, -0.05) is 55.2 Å². The molecule has 2 aromatic carbocycles. The normalized spacial score (nSPS) is 17.8. The molecule has 1 aliphatic rings. The number of amides is 1. The minimum atomic E-state index is -0.783. The van der Waals surface area contributed by atoms with Crippen LogP contribution in [0.3, 0.4) is 0 Å². The third-order valence-corrected chi connectivity index (χ3v) is 7.06. The summed E-state index contributed by atoms with van der Waals surface area (Å²) >= 11 is 13.9. The summed E-state index contributed by atoms with van der Waals surface area (Å²) in [5.41, 5.74) is 1.89. The van der Waals surface area contributed by atoms with E-state index in [9.17, 15) is 14.7 Å². The van der Waals surface area contributed by atoms with Gasteiger partial charge in [0.25, 0.3) is 11.7 Å². The van der Waals surface area contributed by atoms with E-state index in [4.69, 9.17) is 27.9 Å². The minimum absolute atomic E-state index is 0.0207. The Morgan fingerprint density at radius 3 is 2.24 bits per heavy atom. The molecule has 2 heterocycles. The molecule has 1 amide bonds. The molecule has 1 atom stereocenters. The molecule has 4 rings (SSSR count). The number of aliphatic hydroxyl groups is 1. The number of hydrogen-bond donors (Lipinski definition) is 1. The molecule has 3 aromatic rings. The van der Waals surface area contributed by atoms with Crippen LogP contribution in [0.2, 0.25) is 10.0 Å². The Labute approximate surface area is 205 Å². The second-order valence-corrected chi connectivity index (χ2v) is 9.70. The van der Waals surface area contributed by atoms with Gasteiger partial charge in [0.2, 0.25) is 0 Å². The highest BCUT2D eigenvalue weighted by Crippen LogP contribution is 2.45. The topological polar surface area (TPSA) is 66.8 Å². The number of Topliss-reactive ketones (excluding diaryl/α,β-unsaturated/α-hetero) is 1. The van der Waals surface area contributed by atoms with E-state index in [2.05, 4.69) is 13.8 Å². The number of carbonyl (C=O) groups is 2. The van der Waals surface area contributed by atoms with E-state index in [1.54, 1.807) is 0 Å². The fourth-order valence-corrected chi connectivity index (χ4v) is 5.35. The summed E-state index contributed by atoms with van der Waals surface area (Å²) in [6, 6.07) is 13.3. The number of thiophene rings is 1. The lowest BCUT2D eigenvalue weighted by atomic mass is 9.99. The van der Waals surface area contributed by atoms with Crippen molar-refractivity contribution in [2.75, 3.05) is 12.0 Å². The number of benzene rings is 2. The van der Waals surface area contributed by atoms with Crippen LogP contribution in [0, 0.1) is 0 Å². The van der Waals surface area contributed by atoms with Crippen molar-refractivity contribution in [2.45, 2.75) is 25.8 Å². The molecule has 0 saturated carbocycles. The van der Waals surface area contributed by atoms with Gasteiger partial charge in [-0.25, -0.2) is 0 Å². The average Bonchev–Trinajstić information content (AvgIpc) is 3.40. The van der Waals surface area contributed by atoms with Crippen molar-refractivity contribution in [1.29, 1.82) is 0 Å². The molecule has 1 N–H and O–H groups in total. The molecular weight excluding hydrogens is 481 g/mol. The summed E-state index contributed by atoms with van der Waals surface area (Å²) in [5, 5.41) is 13.4. The highest BCUT2D eigenvalue weighted by molar-refractivity contribution is 7.10. The number of methoxy groups -OCH3 is 1. The van der Waals surface area contributed by atoms with Crippen LogP contribution in [0.25, 0.3) is 5.76 Å². The first-order chi connectivity index (χ1) is 15.7. The van der Waals surface area contributed by atoms with E-state index >= 15 is 0 Å². The van der Waals surface area contributed by atoms with Gasteiger partial charge in [0, 0.05) is 16.1 Å². The third kappa shape index (κ3) is 4.14. The molecule has 0 spiro atoms. The number of halogens is 2. The second-order valence-electron chi connectivity index (χ2n) is 7.90. The van der Waals surface area contributed by atoms with E-state index in [0.29, 0.717) is 11.6 Å². The SMILES string of the molecule is COc1c(Cl)cc(/C(O)=C2/C(=O)C(=O)N(c3ccc(C(C)C)cc3)C2c2cccs2)cc1Cl. The van der Waals surface area contributed by atoms with Gasteiger partial charge in [0.05, 0.1) is 22.7 Å². The number of ketones is 1. The maximum Gasteiger partial charge on any atom is 0.300 e. The van der Waals surface area contributed by atoms with E-state index < -0.39 is 17.7 Å². The van der Waals surface area contributed by atoms with Crippen LogP contribution in [0.4, 0.5) is 5.69 Å². The number of nitrogens with zero attached hydrogens (tertiary/aromatic N) is 1. The Morgan fingerprint density at radius 2 is 1.73 bits per heavy atom. The molecule has 1 aromatic heterocycles. The Morgan fingerprint density at radius 1 is 1.09 bits per heavy atom. The van der Waals surface area contributed by atoms with Gasteiger partial charge in [-0.3, -0.25) is 14.5 Å². The lowest BCUT2D eigenvalue weighted by Gasteiger charge is -2.24. The van der Waals surface area contributed by atoms with E-state index in [0.717, 1.165) is 10.4 Å². The second kappa shape index (κ2) is 9.21. The first-order valence-corrected chi connectivity index (χ1v) is 11.9. The first-order valence-electron chi connectivity index (χ1n) is 10.2. The predicted octanol–water partition coefficient (Wildman–Crippen LogP) is 6.81. The standard InChI is InChI=1S/C25H21Cl2NO4S/c1-13(2)14-6-8-16(9-7-14)28-21(19-5-4-10-33-19)20(23(30)25(28)31)22(29)15-11-17(26)24(32-3)18(27)12-15/h4-13,21,29H,1-3H3/b22-20-. The number of hydrogen-bond acceptors (Lipinski definition) is 5. The van der Waals surface area contributed by atoms with Crippen molar-refractivity contribution < 1.29 is 19.4 Å². The highest BCUT2D eigenvalue weighted by Gasteiger charge is 2.47. The van der Waals surface area contributed by atoms with Crippen molar-refractivity contribution in [3.05, 3.63) is 85.5 Å². The molecule has 1 unspecified atom stereocenters. The van der Waals surface area contributed by atoms with Gasteiger partial charge < -0.3 is 9.84 Å². The summed E-state index contributed by atoms with van der Waals surface area (Å²) in [7, 11) is 1.43. The van der Waals surface area contributed by atoms with E-state index in [-0.39, 0.29) is 32.7 Å². The maximum atomic E-state index is 13.2.